The molecule has 0 saturated heterocycles. The third-order valence-corrected chi connectivity index (χ3v) is 9.07. The van der Waals surface area contributed by atoms with Gasteiger partial charge in [-0.25, -0.2) is 4.79 Å². The van der Waals surface area contributed by atoms with Crippen molar-refractivity contribution in [2.45, 2.75) is 77.3 Å². The van der Waals surface area contributed by atoms with Crippen LogP contribution >= 0.6 is 0 Å². The van der Waals surface area contributed by atoms with Gasteiger partial charge < -0.3 is 29.6 Å². The fraction of sp³-hybridized carbons (Fsp3) is 0.947. The number of amides is 2. The van der Waals surface area contributed by atoms with Crippen molar-refractivity contribution >= 4 is 25.1 Å². The Labute approximate surface area is 176 Å². The van der Waals surface area contributed by atoms with Crippen molar-refractivity contribution in [1.29, 1.82) is 0 Å². The first-order chi connectivity index (χ1) is 13.3. The summed E-state index contributed by atoms with van der Waals surface area (Å²) in [6.07, 6.45) is 1.88. The maximum atomic E-state index is 11.8. The molecule has 0 saturated carbocycles. The number of carbonyl (C=O) groups is 1. The Morgan fingerprint density at radius 2 is 1.11 bits per heavy atom. The molecule has 0 spiro atoms. The molecule has 0 atom stereocenters. The fourth-order valence-electron chi connectivity index (χ4n) is 3.42. The lowest BCUT2D eigenvalue weighted by Gasteiger charge is -2.30. The van der Waals surface area contributed by atoms with Gasteiger partial charge in [-0.3, -0.25) is 0 Å². The standard InChI is InChI=1S/C19H44N2O5Si2/c1-7-23-18(5,24-8-2)27-15-11-13-21(17(20)22)14-12-16-28-19(6,25-9-3)26-10-4/h7-16,27-28H2,1-6H3,(H2,20,22). The van der Waals surface area contributed by atoms with Crippen molar-refractivity contribution < 1.29 is 23.7 Å². The smallest absolute Gasteiger partial charge is 0.314 e. The van der Waals surface area contributed by atoms with E-state index in [4.69, 9.17) is 24.7 Å². The van der Waals surface area contributed by atoms with E-state index >= 15 is 0 Å². The predicted molar refractivity (Wildman–Crippen MR) is 120 cm³/mol. The minimum atomic E-state index is -0.564. The van der Waals surface area contributed by atoms with E-state index in [1.807, 2.05) is 41.5 Å². The van der Waals surface area contributed by atoms with Gasteiger partial charge in [-0.2, -0.15) is 0 Å². The minimum Gasteiger partial charge on any atom is -0.355 e. The van der Waals surface area contributed by atoms with Crippen LogP contribution in [-0.4, -0.2) is 80.3 Å². The summed E-state index contributed by atoms with van der Waals surface area (Å²) in [5.41, 5.74) is 4.76. The van der Waals surface area contributed by atoms with E-state index in [-0.39, 0.29) is 6.03 Å². The molecule has 0 rings (SSSR count). The molecule has 0 aliphatic heterocycles. The maximum Gasteiger partial charge on any atom is 0.314 e. The molecule has 0 aromatic carbocycles. The topological polar surface area (TPSA) is 83.2 Å². The SMILES string of the molecule is CCOC(C)(OCC)[SiH2]CCCN(CCC[SiH2]C(C)(OCC)OCC)C(N)=O. The summed E-state index contributed by atoms with van der Waals surface area (Å²) in [4.78, 5) is 13.5. The number of ether oxygens (including phenoxy) is 4. The van der Waals surface area contributed by atoms with Gasteiger partial charge in [-0.15, -0.1) is 0 Å². The van der Waals surface area contributed by atoms with Gasteiger partial charge in [0.1, 0.15) is 10.8 Å². The van der Waals surface area contributed by atoms with E-state index in [9.17, 15) is 4.79 Å². The molecule has 0 aliphatic rings. The molecule has 0 aromatic rings. The maximum absolute atomic E-state index is 11.8. The molecule has 0 heterocycles. The molecule has 168 valence electrons. The third kappa shape index (κ3) is 12.2. The summed E-state index contributed by atoms with van der Waals surface area (Å²) in [6, 6.07) is 1.78. The predicted octanol–water partition coefficient (Wildman–Crippen LogP) is 1.81. The number of nitrogens with zero attached hydrogens (tertiary/aromatic N) is 1. The van der Waals surface area contributed by atoms with Crippen LogP contribution in [0, 0.1) is 0 Å². The zero-order chi connectivity index (χ0) is 21.5. The average Bonchev–Trinajstić information content (AvgIpc) is 2.61. The van der Waals surface area contributed by atoms with E-state index in [0.29, 0.717) is 39.5 Å². The first-order valence-electron chi connectivity index (χ1n) is 10.9. The molecule has 0 fully saturated rings. The zero-order valence-corrected chi connectivity index (χ0v) is 21.9. The molecule has 2 N–H and O–H groups in total. The van der Waals surface area contributed by atoms with Gasteiger partial charge in [0.25, 0.3) is 0 Å². The number of rotatable bonds is 18. The van der Waals surface area contributed by atoms with Gasteiger partial charge in [-0.05, 0) is 54.4 Å². The summed E-state index contributed by atoms with van der Waals surface area (Å²) in [5.74, 6) is 0. The lowest BCUT2D eigenvalue weighted by molar-refractivity contribution is -0.163. The van der Waals surface area contributed by atoms with Crippen molar-refractivity contribution in [2.24, 2.45) is 5.73 Å². The van der Waals surface area contributed by atoms with Gasteiger partial charge in [-0.1, -0.05) is 12.1 Å². The average molecular weight is 437 g/mol. The quantitative estimate of drug-likeness (QED) is 0.201. The molecule has 0 radical (unpaired) electrons. The first kappa shape index (κ1) is 27.5. The molecule has 7 nitrogen and oxygen atoms in total. The Morgan fingerprint density at radius 3 is 1.36 bits per heavy atom. The second-order valence-corrected chi connectivity index (χ2v) is 12.2. The lowest BCUT2D eigenvalue weighted by Crippen LogP contribution is -2.41. The Hall–Kier alpha value is -0.456. The number of urea groups is 1. The molecule has 28 heavy (non-hydrogen) atoms. The highest BCUT2D eigenvalue weighted by molar-refractivity contribution is 6.39. The monoisotopic (exact) mass is 436 g/mol. The van der Waals surface area contributed by atoms with Crippen LogP contribution in [0.2, 0.25) is 12.1 Å². The van der Waals surface area contributed by atoms with E-state index < -0.39 is 29.9 Å². The van der Waals surface area contributed by atoms with Crippen LogP contribution < -0.4 is 5.73 Å². The molecule has 0 aliphatic carbocycles. The molecule has 0 bridgehead atoms. The van der Waals surface area contributed by atoms with Crippen molar-refractivity contribution in [3.05, 3.63) is 0 Å². The van der Waals surface area contributed by atoms with E-state index in [1.54, 1.807) is 4.90 Å². The van der Waals surface area contributed by atoms with Crippen LogP contribution in [0.1, 0.15) is 54.4 Å². The van der Waals surface area contributed by atoms with Gasteiger partial charge in [0, 0.05) is 39.5 Å². The van der Waals surface area contributed by atoms with Gasteiger partial charge in [0.15, 0.2) is 0 Å². The molecule has 0 aromatic heterocycles. The Bertz CT molecular complexity index is 374. The largest absolute Gasteiger partial charge is 0.355 e. The van der Waals surface area contributed by atoms with E-state index in [0.717, 1.165) is 24.9 Å². The summed E-state index contributed by atoms with van der Waals surface area (Å²) >= 11 is 0. The summed E-state index contributed by atoms with van der Waals surface area (Å²) in [6.45, 7) is 16.1. The van der Waals surface area contributed by atoms with E-state index in [2.05, 4.69) is 0 Å². The van der Waals surface area contributed by atoms with Crippen molar-refractivity contribution in [3.63, 3.8) is 0 Å². The van der Waals surface area contributed by atoms with Gasteiger partial charge in [0.05, 0.1) is 19.0 Å². The Morgan fingerprint density at radius 1 is 0.786 bits per heavy atom. The van der Waals surface area contributed by atoms with Crippen LogP contribution in [0.25, 0.3) is 0 Å². The summed E-state index contributed by atoms with van der Waals surface area (Å²) < 4.78 is 23.2. The van der Waals surface area contributed by atoms with Gasteiger partial charge in [0.2, 0.25) is 0 Å². The highest BCUT2D eigenvalue weighted by atomic mass is 28.2. The van der Waals surface area contributed by atoms with Crippen molar-refractivity contribution in [3.8, 4) is 0 Å². The number of hydrogen-bond donors (Lipinski definition) is 1. The molecule has 9 heteroatoms. The van der Waals surface area contributed by atoms with E-state index in [1.165, 1.54) is 0 Å². The highest BCUT2D eigenvalue weighted by Crippen LogP contribution is 2.15. The molecule has 2 amide bonds. The molecular weight excluding hydrogens is 392 g/mol. The number of hydrogen-bond acceptors (Lipinski definition) is 5. The van der Waals surface area contributed by atoms with Crippen LogP contribution in [0.3, 0.4) is 0 Å². The second-order valence-electron chi connectivity index (χ2n) is 7.24. The van der Waals surface area contributed by atoms with Crippen LogP contribution in [0.15, 0.2) is 0 Å². The van der Waals surface area contributed by atoms with Gasteiger partial charge >= 0.3 is 6.03 Å². The normalized spacial score (nSPS) is 13.2. The summed E-state index contributed by atoms with van der Waals surface area (Å²) in [5, 5.41) is 0. The van der Waals surface area contributed by atoms with Crippen molar-refractivity contribution in [1.82, 2.24) is 4.90 Å². The fourth-order valence-corrected chi connectivity index (χ4v) is 7.05. The number of nitrogens with two attached hydrogens (primary N) is 1. The lowest BCUT2D eigenvalue weighted by atomic mass is 10.4. The Kier molecular flexibility index (Phi) is 15.1. The molecular formula is C19H44N2O5Si2. The highest BCUT2D eigenvalue weighted by Gasteiger charge is 2.26. The molecule has 0 unspecified atom stereocenters. The Balaban J connectivity index is 4.27. The third-order valence-electron chi connectivity index (χ3n) is 4.73. The van der Waals surface area contributed by atoms with Crippen molar-refractivity contribution in [2.75, 3.05) is 39.5 Å². The van der Waals surface area contributed by atoms with Crippen LogP contribution in [0.5, 0.6) is 0 Å². The minimum absolute atomic E-state index is 0.335. The summed E-state index contributed by atoms with van der Waals surface area (Å²) in [7, 11) is -1.13. The number of carbonyl (C=O) groups excluding carboxylic acids is 1. The van der Waals surface area contributed by atoms with Crippen LogP contribution in [0.4, 0.5) is 4.79 Å². The second kappa shape index (κ2) is 15.4. The van der Waals surface area contributed by atoms with Crippen LogP contribution in [-0.2, 0) is 18.9 Å². The number of primary amides is 1. The first-order valence-corrected chi connectivity index (χ1v) is 14.3. The zero-order valence-electron chi connectivity index (χ0n) is 19.1.